The van der Waals surface area contributed by atoms with E-state index in [1.807, 2.05) is 0 Å². The molecule has 1 heterocycles. The molecule has 1 aromatic rings. The first-order valence-electron chi connectivity index (χ1n) is 5.47. The largest absolute Gasteiger partial charge is 0.480 e. The second kappa shape index (κ2) is 7.85. The molecule has 0 aliphatic rings. The van der Waals surface area contributed by atoms with Gasteiger partial charge in [0.05, 0.1) is 7.57 Å². The summed E-state index contributed by atoms with van der Waals surface area (Å²) in [6.07, 6.45) is 0.607. The number of nitrogens with one attached hydrogen (secondary N) is 1. The fraction of sp³-hybridized carbons (Fsp3) is 0.500. The number of carboxylic acids is 1. The van der Waals surface area contributed by atoms with E-state index in [1.54, 1.807) is 0 Å². The van der Waals surface area contributed by atoms with Gasteiger partial charge in [-0.1, -0.05) is 0 Å². The van der Waals surface area contributed by atoms with E-state index in [1.165, 1.54) is 24.5 Å². The van der Waals surface area contributed by atoms with Crippen LogP contribution >= 0.6 is 43.2 Å². The van der Waals surface area contributed by atoms with Crippen molar-refractivity contribution >= 4 is 59.2 Å². The molecule has 0 aromatic carbocycles. The molecular weight excluding hydrogens is 438 g/mol. The Morgan fingerprint density at radius 1 is 1.55 bits per heavy atom. The van der Waals surface area contributed by atoms with Crippen molar-refractivity contribution in [3.63, 3.8) is 0 Å². The summed E-state index contributed by atoms with van der Waals surface area (Å²) in [6, 6.07) is 0.242. The SMILES string of the molecule is COCCCC(NS(=O)(=O)c1cc(Br)sc1Br)C(=O)O. The molecule has 0 saturated heterocycles. The van der Waals surface area contributed by atoms with E-state index in [9.17, 15) is 13.2 Å². The normalized spacial score (nSPS) is 13.3. The molecule has 0 aliphatic heterocycles. The molecule has 1 rings (SSSR count). The fourth-order valence-electron chi connectivity index (χ4n) is 1.42. The Labute approximate surface area is 137 Å². The average molecular weight is 451 g/mol. The Bertz CT molecular complexity index is 572. The van der Waals surface area contributed by atoms with Crippen LogP contribution in [0.25, 0.3) is 0 Å². The molecule has 0 aliphatic carbocycles. The van der Waals surface area contributed by atoms with Crippen LogP contribution in [0.2, 0.25) is 0 Å². The number of sulfonamides is 1. The van der Waals surface area contributed by atoms with E-state index in [0.717, 1.165) is 0 Å². The predicted molar refractivity (Wildman–Crippen MR) is 82.6 cm³/mol. The first-order valence-corrected chi connectivity index (χ1v) is 9.35. The summed E-state index contributed by atoms with van der Waals surface area (Å²) < 4.78 is 32.4. The minimum atomic E-state index is -3.89. The van der Waals surface area contributed by atoms with E-state index < -0.39 is 22.0 Å². The average Bonchev–Trinajstić information content (AvgIpc) is 2.68. The van der Waals surface area contributed by atoms with Crippen molar-refractivity contribution < 1.29 is 23.1 Å². The first-order chi connectivity index (χ1) is 9.27. The molecule has 0 radical (unpaired) electrons. The number of rotatable bonds is 8. The van der Waals surface area contributed by atoms with Crippen LogP contribution in [-0.2, 0) is 19.6 Å². The number of carbonyl (C=O) groups is 1. The number of aliphatic carboxylic acids is 1. The maximum Gasteiger partial charge on any atom is 0.321 e. The Morgan fingerprint density at radius 2 is 2.20 bits per heavy atom. The molecule has 2 N–H and O–H groups in total. The highest BCUT2D eigenvalue weighted by Crippen LogP contribution is 2.34. The lowest BCUT2D eigenvalue weighted by Crippen LogP contribution is -2.40. The Morgan fingerprint density at radius 3 is 2.65 bits per heavy atom. The Kier molecular flexibility index (Phi) is 7.09. The molecular formula is C10H13Br2NO5S2. The van der Waals surface area contributed by atoms with E-state index in [4.69, 9.17) is 9.84 Å². The van der Waals surface area contributed by atoms with Gasteiger partial charge in [-0.3, -0.25) is 4.79 Å². The van der Waals surface area contributed by atoms with Crippen LogP contribution in [0, 0.1) is 0 Å². The van der Waals surface area contributed by atoms with E-state index in [-0.39, 0.29) is 11.3 Å². The van der Waals surface area contributed by atoms with Crippen molar-refractivity contribution in [2.24, 2.45) is 0 Å². The third-order valence-electron chi connectivity index (χ3n) is 2.35. The number of thiophene rings is 1. The monoisotopic (exact) mass is 449 g/mol. The molecule has 1 unspecified atom stereocenters. The van der Waals surface area contributed by atoms with Crippen LogP contribution in [0.4, 0.5) is 0 Å². The highest BCUT2D eigenvalue weighted by atomic mass is 79.9. The van der Waals surface area contributed by atoms with Crippen molar-refractivity contribution in [2.45, 2.75) is 23.8 Å². The molecule has 0 fully saturated rings. The lowest BCUT2D eigenvalue weighted by Gasteiger charge is -2.14. The van der Waals surface area contributed by atoms with Gasteiger partial charge < -0.3 is 9.84 Å². The highest BCUT2D eigenvalue weighted by Gasteiger charge is 2.27. The zero-order valence-corrected chi connectivity index (χ0v) is 15.2. The number of ether oxygens (including phenoxy) is 1. The second-order valence-electron chi connectivity index (χ2n) is 3.84. The van der Waals surface area contributed by atoms with Gasteiger partial charge in [-0.25, -0.2) is 8.42 Å². The zero-order valence-electron chi connectivity index (χ0n) is 10.4. The van der Waals surface area contributed by atoms with Crippen molar-refractivity contribution in [1.29, 1.82) is 0 Å². The summed E-state index contributed by atoms with van der Waals surface area (Å²) in [5, 5.41) is 9.07. The van der Waals surface area contributed by atoms with Crippen LogP contribution in [0.1, 0.15) is 12.8 Å². The summed E-state index contributed by atoms with van der Waals surface area (Å²) in [6.45, 7) is 0.374. The van der Waals surface area contributed by atoms with Gasteiger partial charge >= 0.3 is 5.97 Å². The lowest BCUT2D eigenvalue weighted by atomic mass is 10.2. The van der Waals surface area contributed by atoms with Gasteiger partial charge in [0, 0.05) is 13.7 Å². The minimum Gasteiger partial charge on any atom is -0.480 e. The summed E-state index contributed by atoms with van der Waals surface area (Å²) in [5.41, 5.74) is 0. The second-order valence-corrected chi connectivity index (χ2v) is 9.27. The molecule has 0 saturated carbocycles. The molecule has 0 spiro atoms. The topological polar surface area (TPSA) is 92.7 Å². The van der Waals surface area contributed by atoms with E-state index >= 15 is 0 Å². The zero-order chi connectivity index (χ0) is 15.3. The molecule has 10 heteroatoms. The van der Waals surface area contributed by atoms with Crippen LogP contribution in [-0.4, -0.2) is 39.3 Å². The molecule has 0 bridgehead atoms. The smallest absolute Gasteiger partial charge is 0.321 e. The van der Waals surface area contributed by atoms with E-state index in [0.29, 0.717) is 20.6 Å². The molecule has 1 atom stereocenters. The number of methoxy groups -OCH3 is 1. The van der Waals surface area contributed by atoms with Gasteiger partial charge in [-0.2, -0.15) is 4.72 Å². The maximum atomic E-state index is 12.2. The van der Waals surface area contributed by atoms with Crippen molar-refractivity contribution in [1.82, 2.24) is 4.72 Å². The Balaban J connectivity index is 2.86. The van der Waals surface area contributed by atoms with Crippen LogP contribution < -0.4 is 4.72 Å². The summed E-state index contributed by atoms with van der Waals surface area (Å²) >= 11 is 7.53. The Hall–Kier alpha value is -0.000000000000000111. The van der Waals surface area contributed by atoms with Crippen molar-refractivity contribution in [3.05, 3.63) is 13.6 Å². The third kappa shape index (κ3) is 5.08. The standard InChI is InChI=1S/C10H13Br2NO5S2/c1-18-4-2-3-6(10(14)15)13-20(16,17)7-5-8(11)19-9(7)12/h5-6,13H,2-4H2,1H3,(H,14,15). The third-order valence-corrected chi connectivity index (χ3v) is 6.58. The summed E-state index contributed by atoms with van der Waals surface area (Å²) in [7, 11) is -2.39. The number of hydrogen-bond acceptors (Lipinski definition) is 5. The molecule has 20 heavy (non-hydrogen) atoms. The molecule has 6 nitrogen and oxygen atoms in total. The van der Waals surface area contributed by atoms with Crippen LogP contribution in [0.15, 0.2) is 18.5 Å². The maximum absolute atomic E-state index is 12.2. The molecule has 0 amide bonds. The van der Waals surface area contributed by atoms with Crippen LogP contribution in [0.3, 0.4) is 0 Å². The fourth-order valence-corrected chi connectivity index (χ4v) is 6.46. The number of halogens is 2. The lowest BCUT2D eigenvalue weighted by molar-refractivity contribution is -0.139. The molecule has 114 valence electrons. The highest BCUT2D eigenvalue weighted by molar-refractivity contribution is 9.12. The molecule has 1 aromatic heterocycles. The summed E-state index contributed by atoms with van der Waals surface area (Å²) in [4.78, 5) is 11.1. The van der Waals surface area contributed by atoms with Crippen molar-refractivity contribution in [3.8, 4) is 0 Å². The first kappa shape index (κ1) is 18.1. The van der Waals surface area contributed by atoms with Gasteiger partial charge in [-0.05, 0) is 50.8 Å². The van der Waals surface area contributed by atoms with Gasteiger partial charge in [0.15, 0.2) is 0 Å². The van der Waals surface area contributed by atoms with Gasteiger partial charge in [0.25, 0.3) is 0 Å². The van der Waals surface area contributed by atoms with Crippen LogP contribution in [0.5, 0.6) is 0 Å². The number of carboxylic acid groups (broad SMARTS) is 1. The summed E-state index contributed by atoms with van der Waals surface area (Å²) in [5.74, 6) is -1.21. The predicted octanol–water partition coefficient (Wildman–Crippen LogP) is 2.43. The minimum absolute atomic E-state index is 0.0207. The van der Waals surface area contributed by atoms with Gasteiger partial charge in [-0.15, -0.1) is 11.3 Å². The van der Waals surface area contributed by atoms with E-state index in [2.05, 4.69) is 36.6 Å². The number of hydrogen-bond donors (Lipinski definition) is 2. The quantitative estimate of drug-likeness (QED) is 0.593. The van der Waals surface area contributed by atoms with Crippen molar-refractivity contribution in [2.75, 3.05) is 13.7 Å². The van der Waals surface area contributed by atoms with Gasteiger partial charge in [0.2, 0.25) is 10.0 Å². The van der Waals surface area contributed by atoms with Gasteiger partial charge in [0.1, 0.15) is 10.9 Å².